The first-order chi connectivity index (χ1) is 9.56. The SMILES string of the molecule is CCc1nn(CC)c(CSc2cc(C)ccc2N)c1Cl. The van der Waals surface area contributed by atoms with Crippen molar-refractivity contribution in [3.05, 3.63) is 40.2 Å². The van der Waals surface area contributed by atoms with Crippen LogP contribution in [0, 0.1) is 6.92 Å². The lowest BCUT2D eigenvalue weighted by atomic mass is 10.2. The van der Waals surface area contributed by atoms with Crippen molar-refractivity contribution in [2.24, 2.45) is 0 Å². The van der Waals surface area contributed by atoms with Gasteiger partial charge in [-0.1, -0.05) is 24.6 Å². The van der Waals surface area contributed by atoms with E-state index >= 15 is 0 Å². The average molecular weight is 310 g/mol. The summed E-state index contributed by atoms with van der Waals surface area (Å²) >= 11 is 8.13. The summed E-state index contributed by atoms with van der Waals surface area (Å²) in [4.78, 5) is 1.10. The van der Waals surface area contributed by atoms with Crippen LogP contribution in [0.4, 0.5) is 5.69 Å². The van der Waals surface area contributed by atoms with E-state index in [1.807, 2.05) is 16.8 Å². The fourth-order valence-electron chi connectivity index (χ4n) is 2.07. The summed E-state index contributed by atoms with van der Waals surface area (Å²) in [6.07, 6.45) is 0.857. The maximum atomic E-state index is 6.42. The Balaban J connectivity index is 2.22. The number of thioether (sulfide) groups is 1. The summed E-state index contributed by atoms with van der Waals surface area (Å²) < 4.78 is 1.99. The number of hydrogen-bond donors (Lipinski definition) is 1. The molecule has 0 radical (unpaired) electrons. The van der Waals surface area contributed by atoms with Crippen LogP contribution in [0.2, 0.25) is 5.02 Å². The van der Waals surface area contributed by atoms with E-state index in [0.717, 1.165) is 45.7 Å². The van der Waals surface area contributed by atoms with Gasteiger partial charge in [-0.25, -0.2) is 0 Å². The van der Waals surface area contributed by atoms with Gasteiger partial charge in [0.25, 0.3) is 0 Å². The van der Waals surface area contributed by atoms with Gasteiger partial charge in [-0.3, -0.25) is 4.68 Å². The van der Waals surface area contributed by atoms with Crippen molar-refractivity contribution in [2.75, 3.05) is 5.73 Å². The quantitative estimate of drug-likeness (QED) is 0.661. The third kappa shape index (κ3) is 3.13. The lowest BCUT2D eigenvalue weighted by molar-refractivity contribution is 0.628. The van der Waals surface area contributed by atoms with E-state index in [0.29, 0.717) is 0 Å². The number of anilines is 1. The Morgan fingerprint density at radius 2 is 2.10 bits per heavy atom. The molecule has 0 aliphatic heterocycles. The van der Waals surface area contributed by atoms with E-state index in [4.69, 9.17) is 17.3 Å². The fourth-order valence-corrected chi connectivity index (χ4v) is 3.57. The van der Waals surface area contributed by atoms with Crippen molar-refractivity contribution in [1.29, 1.82) is 0 Å². The van der Waals surface area contributed by atoms with Gasteiger partial charge in [0.1, 0.15) is 0 Å². The molecule has 0 aliphatic carbocycles. The zero-order valence-electron chi connectivity index (χ0n) is 12.1. The van der Waals surface area contributed by atoms with Crippen LogP contribution in [0.1, 0.15) is 30.8 Å². The van der Waals surface area contributed by atoms with E-state index in [1.165, 1.54) is 5.56 Å². The summed E-state index contributed by atoms with van der Waals surface area (Å²) in [5.41, 5.74) is 10.1. The summed E-state index contributed by atoms with van der Waals surface area (Å²) in [5, 5.41) is 5.34. The highest BCUT2D eigenvalue weighted by atomic mass is 35.5. The van der Waals surface area contributed by atoms with Gasteiger partial charge in [0.15, 0.2) is 0 Å². The van der Waals surface area contributed by atoms with Gasteiger partial charge in [-0.05, 0) is 38.0 Å². The summed E-state index contributed by atoms with van der Waals surface area (Å²) in [7, 11) is 0. The number of halogens is 1. The Labute approximate surface area is 129 Å². The number of nitrogen functional groups attached to an aromatic ring is 1. The highest BCUT2D eigenvalue weighted by molar-refractivity contribution is 7.98. The minimum atomic E-state index is 0.785. The Morgan fingerprint density at radius 1 is 1.35 bits per heavy atom. The van der Waals surface area contributed by atoms with Crippen molar-refractivity contribution in [1.82, 2.24) is 9.78 Å². The van der Waals surface area contributed by atoms with Crippen LogP contribution in [0.5, 0.6) is 0 Å². The standard InChI is InChI=1S/C15H20ClN3S/c1-4-12-15(16)13(19(5-2)18-12)9-20-14-8-10(3)6-7-11(14)17/h6-8H,4-5,9,17H2,1-3H3. The zero-order valence-corrected chi connectivity index (χ0v) is 13.7. The lowest BCUT2D eigenvalue weighted by Crippen LogP contribution is -2.02. The van der Waals surface area contributed by atoms with Crippen LogP contribution < -0.4 is 5.73 Å². The molecular weight excluding hydrogens is 290 g/mol. The largest absolute Gasteiger partial charge is 0.398 e. The van der Waals surface area contributed by atoms with Gasteiger partial charge in [-0.2, -0.15) is 5.10 Å². The summed E-state index contributed by atoms with van der Waals surface area (Å²) in [5.74, 6) is 0.785. The molecule has 2 N–H and O–H groups in total. The van der Waals surface area contributed by atoms with E-state index in [1.54, 1.807) is 11.8 Å². The van der Waals surface area contributed by atoms with Crippen LogP contribution in [0.25, 0.3) is 0 Å². The molecule has 1 heterocycles. The Bertz CT molecular complexity index is 607. The van der Waals surface area contributed by atoms with Crippen LogP contribution >= 0.6 is 23.4 Å². The van der Waals surface area contributed by atoms with Crippen LogP contribution in [-0.2, 0) is 18.7 Å². The topological polar surface area (TPSA) is 43.8 Å². The molecule has 0 saturated carbocycles. The van der Waals surface area contributed by atoms with Gasteiger partial charge < -0.3 is 5.73 Å². The molecule has 0 aliphatic rings. The van der Waals surface area contributed by atoms with Gasteiger partial charge in [-0.15, -0.1) is 11.8 Å². The number of nitrogens with two attached hydrogens (primary N) is 1. The number of aromatic nitrogens is 2. The van der Waals surface area contributed by atoms with Crippen molar-refractivity contribution in [3.63, 3.8) is 0 Å². The second kappa shape index (κ2) is 6.55. The number of hydrogen-bond acceptors (Lipinski definition) is 3. The summed E-state index contributed by atoms with van der Waals surface area (Å²) in [6.45, 7) is 7.06. The second-order valence-electron chi connectivity index (χ2n) is 4.71. The van der Waals surface area contributed by atoms with E-state index in [9.17, 15) is 0 Å². The molecule has 0 saturated heterocycles. The summed E-state index contributed by atoms with van der Waals surface area (Å²) in [6, 6.07) is 6.09. The second-order valence-corrected chi connectivity index (χ2v) is 6.10. The van der Waals surface area contributed by atoms with E-state index in [2.05, 4.69) is 31.9 Å². The van der Waals surface area contributed by atoms with E-state index < -0.39 is 0 Å². The maximum absolute atomic E-state index is 6.42. The molecule has 0 spiro atoms. The molecule has 20 heavy (non-hydrogen) atoms. The van der Waals surface area contributed by atoms with Crippen molar-refractivity contribution in [3.8, 4) is 0 Å². The fraction of sp³-hybridized carbons (Fsp3) is 0.400. The smallest absolute Gasteiger partial charge is 0.0858 e. The Morgan fingerprint density at radius 3 is 2.75 bits per heavy atom. The molecule has 1 aromatic carbocycles. The molecular formula is C15H20ClN3S. The number of nitrogens with zero attached hydrogens (tertiary/aromatic N) is 2. The van der Waals surface area contributed by atoms with Crippen LogP contribution in [0.15, 0.2) is 23.1 Å². The predicted octanol–water partition coefficient (Wildman–Crippen LogP) is 4.30. The van der Waals surface area contributed by atoms with Gasteiger partial charge in [0, 0.05) is 22.9 Å². The first-order valence-corrected chi connectivity index (χ1v) is 8.16. The molecule has 2 rings (SSSR count). The molecule has 2 aromatic rings. The first kappa shape index (κ1) is 15.3. The molecule has 0 atom stereocenters. The van der Waals surface area contributed by atoms with Gasteiger partial charge >= 0.3 is 0 Å². The molecule has 0 bridgehead atoms. The molecule has 0 fully saturated rings. The van der Waals surface area contributed by atoms with Crippen molar-refractivity contribution >= 4 is 29.1 Å². The average Bonchev–Trinajstić information content (AvgIpc) is 2.75. The number of aryl methyl sites for hydroxylation is 3. The van der Waals surface area contributed by atoms with Crippen molar-refractivity contribution < 1.29 is 0 Å². The molecule has 108 valence electrons. The van der Waals surface area contributed by atoms with Crippen LogP contribution in [0.3, 0.4) is 0 Å². The van der Waals surface area contributed by atoms with Gasteiger partial charge in [0.05, 0.1) is 16.4 Å². The minimum absolute atomic E-state index is 0.785. The molecule has 0 unspecified atom stereocenters. The molecule has 0 amide bonds. The monoisotopic (exact) mass is 309 g/mol. The lowest BCUT2D eigenvalue weighted by Gasteiger charge is -2.08. The predicted molar refractivity (Wildman–Crippen MR) is 87.4 cm³/mol. The highest BCUT2D eigenvalue weighted by Gasteiger charge is 2.14. The van der Waals surface area contributed by atoms with Gasteiger partial charge in [0.2, 0.25) is 0 Å². The van der Waals surface area contributed by atoms with Crippen molar-refractivity contribution in [2.45, 2.75) is 44.4 Å². The Kier molecular flexibility index (Phi) is 5.00. The van der Waals surface area contributed by atoms with E-state index in [-0.39, 0.29) is 0 Å². The Hall–Kier alpha value is -1.13. The first-order valence-electron chi connectivity index (χ1n) is 6.79. The zero-order chi connectivity index (χ0) is 14.7. The minimum Gasteiger partial charge on any atom is -0.398 e. The number of benzene rings is 1. The van der Waals surface area contributed by atoms with Crippen LogP contribution in [-0.4, -0.2) is 9.78 Å². The molecule has 5 heteroatoms. The maximum Gasteiger partial charge on any atom is 0.0858 e. The third-order valence-electron chi connectivity index (χ3n) is 3.23. The molecule has 3 nitrogen and oxygen atoms in total. The number of rotatable bonds is 5. The third-order valence-corrected chi connectivity index (χ3v) is 4.75. The normalized spacial score (nSPS) is 11.0. The molecule has 1 aromatic heterocycles. The highest BCUT2D eigenvalue weighted by Crippen LogP contribution is 2.32.